The van der Waals surface area contributed by atoms with Crippen LogP contribution in [0.5, 0.6) is 0 Å². The Morgan fingerprint density at radius 3 is 3.04 bits per heavy atom. The van der Waals surface area contributed by atoms with E-state index in [1.54, 1.807) is 0 Å². The lowest BCUT2D eigenvalue weighted by molar-refractivity contribution is 0.0200. The van der Waals surface area contributed by atoms with Gasteiger partial charge < -0.3 is 25.1 Å². The Labute approximate surface area is 178 Å². The first kappa shape index (κ1) is 22.0. The zero-order chi connectivity index (χ0) is 18.0. The summed E-state index contributed by atoms with van der Waals surface area (Å²) in [5.74, 6) is 0.841. The van der Waals surface area contributed by atoms with Gasteiger partial charge in [0.15, 0.2) is 5.96 Å². The number of nitrogens with one attached hydrogen (secondary N) is 3. The van der Waals surface area contributed by atoms with E-state index in [0.29, 0.717) is 19.8 Å². The van der Waals surface area contributed by atoms with Gasteiger partial charge >= 0.3 is 0 Å². The Kier molecular flexibility index (Phi) is 9.93. The fourth-order valence-corrected chi connectivity index (χ4v) is 3.21. The summed E-state index contributed by atoms with van der Waals surface area (Å²) in [6.07, 6.45) is 5.58. The minimum Gasteiger partial charge on any atom is -0.377 e. The van der Waals surface area contributed by atoms with Gasteiger partial charge in [-0.05, 0) is 37.8 Å². The molecule has 1 saturated heterocycles. The van der Waals surface area contributed by atoms with Gasteiger partial charge in [-0.3, -0.25) is 4.99 Å². The quantitative estimate of drug-likeness (QED) is 0.221. The van der Waals surface area contributed by atoms with Crippen LogP contribution in [0.1, 0.15) is 25.3 Å². The highest BCUT2D eigenvalue weighted by atomic mass is 127. The van der Waals surface area contributed by atoms with E-state index in [0.717, 1.165) is 44.9 Å². The van der Waals surface area contributed by atoms with Crippen molar-refractivity contribution in [3.63, 3.8) is 0 Å². The Hall–Kier alpha value is -1.32. The number of nitrogens with zero attached hydrogens (tertiary/aromatic N) is 1. The molecule has 1 unspecified atom stereocenters. The summed E-state index contributed by atoms with van der Waals surface area (Å²) in [5, 5.41) is 7.97. The number of hydrogen-bond acceptors (Lipinski definition) is 3. The Morgan fingerprint density at radius 2 is 2.22 bits per heavy atom. The maximum absolute atomic E-state index is 5.67. The van der Waals surface area contributed by atoms with E-state index in [1.807, 2.05) is 0 Å². The number of aliphatic imine (C=N–C) groups is 1. The molecule has 1 atom stereocenters. The standard InChI is InChI=1S/C20H30N4O2.HI/c1-2-21-20(23-11-13-25-15-17-6-5-12-26-17)22-10-9-16-14-24-19-8-4-3-7-18(16)19;/h3-4,7-8,14,17,24H,2,5-6,9-13,15H2,1H3,(H2,21,22,23);1H. The number of aromatic amines is 1. The monoisotopic (exact) mass is 486 g/mol. The third-order valence-corrected chi connectivity index (χ3v) is 4.54. The van der Waals surface area contributed by atoms with Crippen LogP contribution < -0.4 is 10.6 Å². The van der Waals surface area contributed by atoms with Crippen LogP contribution in [0, 0.1) is 0 Å². The first-order valence-electron chi connectivity index (χ1n) is 9.63. The highest BCUT2D eigenvalue weighted by Crippen LogP contribution is 2.17. The summed E-state index contributed by atoms with van der Waals surface area (Å²) >= 11 is 0. The number of ether oxygens (including phenoxy) is 2. The highest BCUT2D eigenvalue weighted by molar-refractivity contribution is 14.0. The molecule has 0 aliphatic carbocycles. The minimum absolute atomic E-state index is 0. The van der Waals surface area contributed by atoms with Gasteiger partial charge in [0.2, 0.25) is 0 Å². The van der Waals surface area contributed by atoms with Crippen molar-refractivity contribution in [1.29, 1.82) is 0 Å². The van der Waals surface area contributed by atoms with Crippen LogP contribution in [0.25, 0.3) is 10.9 Å². The normalized spacial score (nSPS) is 17.1. The number of halogens is 1. The second kappa shape index (κ2) is 12.2. The molecule has 1 aliphatic heterocycles. The van der Waals surface area contributed by atoms with Crippen molar-refractivity contribution < 1.29 is 9.47 Å². The van der Waals surface area contributed by atoms with Crippen molar-refractivity contribution in [1.82, 2.24) is 15.6 Å². The average Bonchev–Trinajstić information content (AvgIpc) is 3.31. The molecule has 150 valence electrons. The second-order valence-corrected chi connectivity index (χ2v) is 6.51. The molecular formula is C20H31IN4O2. The van der Waals surface area contributed by atoms with E-state index >= 15 is 0 Å². The van der Waals surface area contributed by atoms with E-state index < -0.39 is 0 Å². The molecule has 6 nitrogen and oxygen atoms in total. The summed E-state index contributed by atoms with van der Waals surface area (Å²) < 4.78 is 11.2. The van der Waals surface area contributed by atoms with E-state index in [9.17, 15) is 0 Å². The van der Waals surface area contributed by atoms with E-state index in [-0.39, 0.29) is 30.1 Å². The molecule has 0 bridgehead atoms. The average molecular weight is 486 g/mol. The lowest BCUT2D eigenvalue weighted by Gasteiger charge is -2.12. The van der Waals surface area contributed by atoms with Crippen LogP contribution in [0.4, 0.5) is 0 Å². The Morgan fingerprint density at radius 1 is 1.33 bits per heavy atom. The maximum atomic E-state index is 5.67. The summed E-state index contributed by atoms with van der Waals surface area (Å²) in [6, 6.07) is 8.40. The molecule has 7 heteroatoms. The molecule has 1 fully saturated rings. The number of benzene rings is 1. The highest BCUT2D eigenvalue weighted by Gasteiger charge is 2.14. The Balaban J connectivity index is 0.00000261. The number of hydrogen-bond donors (Lipinski definition) is 3. The molecule has 0 saturated carbocycles. The zero-order valence-corrected chi connectivity index (χ0v) is 18.3. The smallest absolute Gasteiger partial charge is 0.191 e. The van der Waals surface area contributed by atoms with Gasteiger partial charge in [0.05, 0.1) is 25.9 Å². The van der Waals surface area contributed by atoms with Crippen molar-refractivity contribution in [3.8, 4) is 0 Å². The molecule has 3 N–H and O–H groups in total. The maximum Gasteiger partial charge on any atom is 0.191 e. The molecule has 0 spiro atoms. The molecule has 2 heterocycles. The number of guanidine groups is 1. The van der Waals surface area contributed by atoms with Gasteiger partial charge in [0, 0.05) is 36.8 Å². The lowest BCUT2D eigenvalue weighted by Crippen LogP contribution is -2.38. The van der Waals surface area contributed by atoms with Gasteiger partial charge in [-0.1, -0.05) is 18.2 Å². The number of para-hydroxylation sites is 1. The molecule has 0 amide bonds. The third-order valence-electron chi connectivity index (χ3n) is 4.54. The van der Waals surface area contributed by atoms with Gasteiger partial charge in [-0.15, -0.1) is 24.0 Å². The molecule has 1 aliphatic rings. The number of H-pyrrole nitrogens is 1. The first-order valence-corrected chi connectivity index (χ1v) is 9.63. The van der Waals surface area contributed by atoms with Crippen LogP contribution in [0.3, 0.4) is 0 Å². The van der Waals surface area contributed by atoms with Crippen LogP contribution in [0.15, 0.2) is 35.5 Å². The second-order valence-electron chi connectivity index (χ2n) is 6.51. The Bertz CT molecular complexity index is 698. The summed E-state index contributed by atoms with van der Waals surface area (Å²) in [7, 11) is 0. The molecule has 3 rings (SSSR count). The lowest BCUT2D eigenvalue weighted by atomic mass is 10.1. The molecule has 1 aromatic carbocycles. The van der Waals surface area contributed by atoms with Gasteiger partial charge in [-0.25, -0.2) is 0 Å². The molecular weight excluding hydrogens is 455 g/mol. The summed E-state index contributed by atoms with van der Waals surface area (Å²) in [4.78, 5) is 7.90. The van der Waals surface area contributed by atoms with Gasteiger partial charge in [-0.2, -0.15) is 0 Å². The van der Waals surface area contributed by atoms with Crippen LogP contribution in [0.2, 0.25) is 0 Å². The largest absolute Gasteiger partial charge is 0.377 e. The summed E-state index contributed by atoms with van der Waals surface area (Å²) in [6.45, 7) is 6.58. The van der Waals surface area contributed by atoms with Gasteiger partial charge in [0.25, 0.3) is 0 Å². The zero-order valence-electron chi connectivity index (χ0n) is 16.0. The van der Waals surface area contributed by atoms with Crippen molar-refractivity contribution >= 4 is 40.8 Å². The topological polar surface area (TPSA) is 70.7 Å². The predicted octanol–water partition coefficient (Wildman–Crippen LogP) is 3.08. The predicted molar refractivity (Wildman–Crippen MR) is 121 cm³/mol. The van der Waals surface area contributed by atoms with E-state index in [1.165, 1.54) is 16.5 Å². The van der Waals surface area contributed by atoms with E-state index in [2.05, 4.69) is 58.0 Å². The van der Waals surface area contributed by atoms with Crippen LogP contribution >= 0.6 is 24.0 Å². The fraction of sp³-hybridized carbons (Fsp3) is 0.550. The molecule has 1 aromatic heterocycles. The minimum atomic E-state index is 0. The third kappa shape index (κ3) is 6.97. The molecule has 0 radical (unpaired) electrons. The summed E-state index contributed by atoms with van der Waals surface area (Å²) in [5.41, 5.74) is 2.51. The van der Waals surface area contributed by atoms with Crippen molar-refractivity contribution in [2.24, 2.45) is 4.99 Å². The van der Waals surface area contributed by atoms with Crippen molar-refractivity contribution in [3.05, 3.63) is 36.0 Å². The molecule has 2 aromatic rings. The van der Waals surface area contributed by atoms with E-state index in [4.69, 9.17) is 9.47 Å². The van der Waals surface area contributed by atoms with Crippen LogP contribution in [-0.2, 0) is 15.9 Å². The van der Waals surface area contributed by atoms with Crippen molar-refractivity contribution in [2.45, 2.75) is 32.3 Å². The first-order chi connectivity index (χ1) is 12.9. The fourth-order valence-electron chi connectivity index (χ4n) is 3.21. The number of aromatic nitrogens is 1. The SMILES string of the molecule is CCNC(=NCCOCC1CCCO1)NCCc1c[nH]c2ccccc12.I. The van der Waals surface area contributed by atoms with Crippen molar-refractivity contribution in [2.75, 3.05) is 39.5 Å². The number of fused-ring (bicyclic) bond motifs is 1. The van der Waals surface area contributed by atoms with Crippen LogP contribution in [-0.4, -0.2) is 56.5 Å². The van der Waals surface area contributed by atoms with Gasteiger partial charge in [0.1, 0.15) is 0 Å². The number of rotatable bonds is 9. The molecule has 27 heavy (non-hydrogen) atoms.